The lowest BCUT2D eigenvalue weighted by molar-refractivity contribution is -0.385. The van der Waals surface area contributed by atoms with Crippen LogP contribution >= 0.6 is 0 Å². The van der Waals surface area contributed by atoms with Crippen LogP contribution in [-0.2, 0) is 6.54 Å². The van der Waals surface area contributed by atoms with Crippen molar-refractivity contribution in [1.82, 2.24) is 10.2 Å². The number of fused-ring (bicyclic) bond motifs is 3. The molecule has 3 aliphatic rings. The van der Waals surface area contributed by atoms with Crippen molar-refractivity contribution in [2.75, 3.05) is 19.6 Å². The van der Waals surface area contributed by atoms with Gasteiger partial charge in [0.15, 0.2) is 0 Å². The molecule has 1 N–H and O–H groups in total. The van der Waals surface area contributed by atoms with Crippen LogP contribution in [0.2, 0.25) is 0 Å². The minimum Gasteiger partial charge on any atom is -0.308 e. The maximum absolute atomic E-state index is 11.0. The summed E-state index contributed by atoms with van der Waals surface area (Å²) < 4.78 is 0. The predicted octanol–water partition coefficient (Wildman–Crippen LogP) is 1.78. The summed E-state index contributed by atoms with van der Waals surface area (Å²) in [5.74, 6) is 0.743. The molecule has 2 bridgehead atoms. The Labute approximate surface area is 112 Å². The van der Waals surface area contributed by atoms with E-state index >= 15 is 0 Å². The maximum Gasteiger partial charge on any atom is 0.273 e. The van der Waals surface area contributed by atoms with Crippen LogP contribution < -0.4 is 5.32 Å². The fraction of sp³-hybridized carbons (Fsp3) is 0.571. The average Bonchev–Trinajstić information content (AvgIpc) is 2.46. The second-order valence-corrected chi connectivity index (χ2v) is 5.51. The van der Waals surface area contributed by atoms with Crippen molar-refractivity contribution in [1.29, 1.82) is 0 Å². The normalized spacial score (nSPS) is 29.4. The Kier molecular flexibility index (Phi) is 3.48. The van der Waals surface area contributed by atoms with E-state index in [1.54, 1.807) is 12.1 Å². The minimum atomic E-state index is -0.298. The Bertz CT molecular complexity index is 470. The van der Waals surface area contributed by atoms with Crippen molar-refractivity contribution < 1.29 is 4.92 Å². The molecule has 3 fully saturated rings. The molecule has 0 aromatic heterocycles. The summed E-state index contributed by atoms with van der Waals surface area (Å²) in [6, 6.07) is 7.48. The second-order valence-electron chi connectivity index (χ2n) is 5.51. The number of nitro benzene ring substituents is 1. The van der Waals surface area contributed by atoms with E-state index < -0.39 is 0 Å². The molecule has 102 valence electrons. The zero-order chi connectivity index (χ0) is 13.2. The van der Waals surface area contributed by atoms with Crippen LogP contribution in [0.25, 0.3) is 0 Å². The molecule has 0 amide bonds. The van der Waals surface area contributed by atoms with Crippen molar-refractivity contribution in [2.45, 2.75) is 25.4 Å². The zero-order valence-corrected chi connectivity index (χ0v) is 10.9. The van der Waals surface area contributed by atoms with E-state index in [9.17, 15) is 10.1 Å². The van der Waals surface area contributed by atoms with Crippen LogP contribution in [0.5, 0.6) is 0 Å². The van der Waals surface area contributed by atoms with Gasteiger partial charge in [0.1, 0.15) is 0 Å². The fourth-order valence-corrected chi connectivity index (χ4v) is 3.28. The van der Waals surface area contributed by atoms with Crippen molar-refractivity contribution in [2.24, 2.45) is 5.92 Å². The van der Waals surface area contributed by atoms with Crippen molar-refractivity contribution in [3.63, 3.8) is 0 Å². The Morgan fingerprint density at radius 3 is 2.68 bits per heavy atom. The first-order valence-electron chi connectivity index (χ1n) is 6.92. The van der Waals surface area contributed by atoms with Gasteiger partial charge in [-0.25, -0.2) is 0 Å². The van der Waals surface area contributed by atoms with Crippen molar-refractivity contribution in [3.05, 3.63) is 39.9 Å². The number of rotatable bonds is 4. The van der Waals surface area contributed by atoms with Gasteiger partial charge in [0.05, 0.1) is 4.92 Å². The van der Waals surface area contributed by atoms with Gasteiger partial charge in [0.25, 0.3) is 5.69 Å². The number of nitrogens with one attached hydrogen (secondary N) is 1. The van der Waals surface area contributed by atoms with E-state index in [0.29, 0.717) is 12.6 Å². The summed E-state index contributed by atoms with van der Waals surface area (Å²) in [5, 5.41) is 14.5. The molecule has 0 spiro atoms. The fourth-order valence-electron chi connectivity index (χ4n) is 3.28. The van der Waals surface area contributed by atoms with Crippen LogP contribution in [0.3, 0.4) is 0 Å². The zero-order valence-electron chi connectivity index (χ0n) is 10.9. The lowest BCUT2D eigenvalue weighted by Crippen LogP contribution is -2.55. The second kappa shape index (κ2) is 5.27. The first kappa shape index (κ1) is 12.6. The topological polar surface area (TPSA) is 58.4 Å². The van der Waals surface area contributed by atoms with Gasteiger partial charge in [-0.1, -0.05) is 18.2 Å². The summed E-state index contributed by atoms with van der Waals surface area (Å²) in [6.07, 6.45) is 2.52. The SMILES string of the molecule is O=[N+]([O-])c1ccccc1CNC1CN2CCC1CC2. The third kappa shape index (κ3) is 2.62. The molecular formula is C14H19N3O2. The van der Waals surface area contributed by atoms with Crippen LogP contribution in [0.1, 0.15) is 18.4 Å². The smallest absolute Gasteiger partial charge is 0.273 e. The average molecular weight is 261 g/mol. The van der Waals surface area contributed by atoms with Gasteiger partial charge in [-0.05, 0) is 31.8 Å². The van der Waals surface area contributed by atoms with E-state index in [-0.39, 0.29) is 10.6 Å². The lowest BCUT2D eigenvalue weighted by Gasteiger charge is -2.45. The van der Waals surface area contributed by atoms with E-state index in [4.69, 9.17) is 0 Å². The summed E-state index contributed by atoms with van der Waals surface area (Å²) in [4.78, 5) is 13.2. The maximum atomic E-state index is 11.0. The van der Waals surface area contributed by atoms with Crippen molar-refractivity contribution >= 4 is 5.69 Å². The van der Waals surface area contributed by atoms with Gasteiger partial charge in [-0.2, -0.15) is 0 Å². The van der Waals surface area contributed by atoms with Crippen LogP contribution in [0, 0.1) is 16.0 Å². The van der Waals surface area contributed by atoms with Crippen molar-refractivity contribution in [3.8, 4) is 0 Å². The number of benzene rings is 1. The monoisotopic (exact) mass is 261 g/mol. The Balaban J connectivity index is 1.65. The summed E-state index contributed by atoms with van der Waals surface area (Å²) in [7, 11) is 0. The van der Waals surface area contributed by atoms with Gasteiger partial charge < -0.3 is 10.2 Å². The molecule has 5 heteroatoms. The highest BCUT2D eigenvalue weighted by atomic mass is 16.6. The largest absolute Gasteiger partial charge is 0.308 e. The predicted molar refractivity (Wildman–Crippen MR) is 72.9 cm³/mol. The molecule has 3 heterocycles. The van der Waals surface area contributed by atoms with Crippen LogP contribution in [0.4, 0.5) is 5.69 Å². The highest BCUT2D eigenvalue weighted by Crippen LogP contribution is 2.28. The Morgan fingerprint density at radius 1 is 1.32 bits per heavy atom. The van der Waals surface area contributed by atoms with Crippen LogP contribution in [0.15, 0.2) is 24.3 Å². The molecule has 0 saturated carbocycles. The van der Waals surface area contributed by atoms with Gasteiger partial charge in [0, 0.05) is 30.8 Å². The van der Waals surface area contributed by atoms with E-state index in [1.807, 2.05) is 12.1 Å². The number of nitrogens with zero attached hydrogens (tertiary/aromatic N) is 2. The highest BCUT2D eigenvalue weighted by Gasteiger charge is 2.33. The van der Waals surface area contributed by atoms with Gasteiger partial charge in [-0.3, -0.25) is 10.1 Å². The number of hydrogen-bond acceptors (Lipinski definition) is 4. The standard InChI is InChI=1S/C14H19N3O2/c18-17(19)14-4-2-1-3-12(14)9-15-13-10-16-7-5-11(13)6-8-16/h1-4,11,13,15H,5-10H2. The number of nitro groups is 1. The first-order chi connectivity index (χ1) is 9.24. The molecule has 0 radical (unpaired) electrons. The first-order valence-corrected chi connectivity index (χ1v) is 6.92. The molecule has 4 rings (SSSR count). The molecule has 0 aliphatic carbocycles. The Morgan fingerprint density at radius 2 is 2.05 bits per heavy atom. The molecule has 1 unspecified atom stereocenters. The molecular weight excluding hydrogens is 242 g/mol. The van der Waals surface area contributed by atoms with Gasteiger partial charge in [-0.15, -0.1) is 0 Å². The third-order valence-corrected chi connectivity index (χ3v) is 4.40. The number of para-hydroxylation sites is 1. The summed E-state index contributed by atoms with van der Waals surface area (Å²) in [5.41, 5.74) is 1.00. The van der Waals surface area contributed by atoms with Crippen LogP contribution in [-0.4, -0.2) is 35.5 Å². The third-order valence-electron chi connectivity index (χ3n) is 4.40. The number of piperidine rings is 3. The molecule has 1 atom stereocenters. The minimum absolute atomic E-state index is 0.219. The molecule has 1 aromatic carbocycles. The van der Waals surface area contributed by atoms with E-state index in [1.165, 1.54) is 25.9 Å². The molecule has 19 heavy (non-hydrogen) atoms. The lowest BCUT2D eigenvalue weighted by atomic mass is 9.84. The number of hydrogen-bond donors (Lipinski definition) is 1. The van der Waals surface area contributed by atoms with E-state index in [2.05, 4.69) is 10.2 Å². The van der Waals surface area contributed by atoms with Gasteiger partial charge in [0.2, 0.25) is 0 Å². The highest BCUT2D eigenvalue weighted by molar-refractivity contribution is 5.39. The molecule has 1 aromatic rings. The molecule has 5 nitrogen and oxygen atoms in total. The van der Waals surface area contributed by atoms with E-state index in [0.717, 1.165) is 18.0 Å². The summed E-state index contributed by atoms with van der Waals surface area (Å²) >= 11 is 0. The Hall–Kier alpha value is -1.46. The molecule has 3 saturated heterocycles. The van der Waals surface area contributed by atoms with Gasteiger partial charge >= 0.3 is 0 Å². The quantitative estimate of drug-likeness (QED) is 0.663. The summed E-state index contributed by atoms with van der Waals surface area (Å²) in [6.45, 7) is 4.11. The molecule has 3 aliphatic heterocycles.